The van der Waals surface area contributed by atoms with Crippen LogP contribution < -0.4 is 10.6 Å². The Labute approximate surface area is 164 Å². The van der Waals surface area contributed by atoms with E-state index in [1.807, 2.05) is 30.3 Å². The van der Waals surface area contributed by atoms with Gasteiger partial charge in [0.1, 0.15) is 0 Å². The van der Waals surface area contributed by atoms with Crippen LogP contribution in [0.15, 0.2) is 84.9 Å². The predicted octanol–water partition coefficient (Wildman–Crippen LogP) is 6.91. The van der Waals surface area contributed by atoms with Crippen molar-refractivity contribution in [3.63, 3.8) is 0 Å². The smallest absolute Gasteiger partial charge is 0.0554 e. The van der Waals surface area contributed by atoms with Crippen molar-refractivity contribution < 1.29 is 0 Å². The molecule has 0 fully saturated rings. The predicted molar refractivity (Wildman–Crippen MR) is 114 cm³/mol. The van der Waals surface area contributed by atoms with Gasteiger partial charge in [-0.15, -0.1) is 0 Å². The monoisotopic (exact) mass is 372 g/mol. The molecule has 3 aromatic rings. The average Bonchev–Trinajstić information content (AvgIpc) is 3.18. The van der Waals surface area contributed by atoms with Crippen molar-refractivity contribution in [3.8, 4) is 0 Å². The zero-order chi connectivity index (χ0) is 18.2. The number of hydrogen-bond acceptors (Lipinski definition) is 2. The minimum absolute atomic E-state index is 0.282. The van der Waals surface area contributed by atoms with E-state index in [0.717, 1.165) is 22.8 Å². The number of fused-ring (bicyclic) bond motifs is 3. The lowest BCUT2D eigenvalue weighted by Crippen LogP contribution is -2.29. The van der Waals surface area contributed by atoms with Crippen LogP contribution in [0.3, 0.4) is 0 Å². The van der Waals surface area contributed by atoms with Gasteiger partial charge in [0.2, 0.25) is 0 Å². The maximum atomic E-state index is 6.25. The summed E-state index contributed by atoms with van der Waals surface area (Å²) < 4.78 is 0. The third-order valence-corrected chi connectivity index (χ3v) is 5.87. The van der Waals surface area contributed by atoms with Gasteiger partial charge in [-0.1, -0.05) is 54.1 Å². The molecule has 2 N–H and O–H groups in total. The number of halogens is 1. The van der Waals surface area contributed by atoms with E-state index in [2.05, 4.69) is 65.3 Å². The Bertz CT molecular complexity index is 996. The highest BCUT2D eigenvalue weighted by atomic mass is 35.5. The number of hydrogen-bond donors (Lipinski definition) is 2. The number of allylic oxidation sites excluding steroid dienone is 2. The first-order valence-electron chi connectivity index (χ1n) is 9.42. The van der Waals surface area contributed by atoms with E-state index in [0.29, 0.717) is 11.8 Å². The number of anilines is 3. The molecule has 0 aromatic heterocycles. The van der Waals surface area contributed by atoms with Gasteiger partial charge in [-0.25, -0.2) is 0 Å². The molecule has 1 aliphatic carbocycles. The maximum Gasteiger partial charge on any atom is 0.0554 e. The standard InChI is InChI=1S/C24H21ClN2/c25-17-7-4-6-16(14-17)24-21-11-5-10-20(21)22-15-19(12-13-23(22)27-24)26-18-8-2-1-3-9-18/h1-10,12-15,20-21,24,26-27H,11H2. The molecular formula is C24H21ClN2. The summed E-state index contributed by atoms with van der Waals surface area (Å²) in [6, 6.07) is 25.5. The van der Waals surface area contributed by atoms with Gasteiger partial charge < -0.3 is 10.6 Å². The molecule has 0 saturated heterocycles. The second kappa shape index (κ2) is 6.79. The first-order valence-corrected chi connectivity index (χ1v) is 9.80. The van der Waals surface area contributed by atoms with E-state index in [9.17, 15) is 0 Å². The van der Waals surface area contributed by atoms with E-state index in [1.165, 1.54) is 16.8 Å². The number of benzene rings is 3. The number of rotatable bonds is 3. The molecule has 0 spiro atoms. The topological polar surface area (TPSA) is 24.1 Å². The Morgan fingerprint density at radius 3 is 2.63 bits per heavy atom. The van der Waals surface area contributed by atoms with Gasteiger partial charge in [-0.3, -0.25) is 0 Å². The van der Waals surface area contributed by atoms with Crippen LogP contribution in [0.4, 0.5) is 17.1 Å². The summed E-state index contributed by atoms with van der Waals surface area (Å²) in [5.41, 5.74) is 6.08. The van der Waals surface area contributed by atoms with Gasteiger partial charge >= 0.3 is 0 Å². The Morgan fingerprint density at radius 1 is 0.889 bits per heavy atom. The van der Waals surface area contributed by atoms with Crippen LogP contribution in [-0.2, 0) is 0 Å². The van der Waals surface area contributed by atoms with Crippen LogP contribution >= 0.6 is 11.6 Å². The van der Waals surface area contributed by atoms with Gasteiger partial charge in [0.15, 0.2) is 0 Å². The van der Waals surface area contributed by atoms with Gasteiger partial charge in [-0.2, -0.15) is 0 Å². The second-order valence-corrected chi connectivity index (χ2v) is 7.76. The fourth-order valence-electron chi connectivity index (χ4n) is 4.39. The maximum absolute atomic E-state index is 6.25. The third-order valence-electron chi connectivity index (χ3n) is 5.63. The molecule has 3 heteroatoms. The largest absolute Gasteiger partial charge is 0.378 e. The van der Waals surface area contributed by atoms with E-state index in [4.69, 9.17) is 11.6 Å². The first-order chi connectivity index (χ1) is 13.3. The molecule has 0 amide bonds. The second-order valence-electron chi connectivity index (χ2n) is 7.32. The van der Waals surface area contributed by atoms with E-state index >= 15 is 0 Å². The highest BCUT2D eigenvalue weighted by Gasteiger charge is 2.37. The molecule has 3 atom stereocenters. The normalized spacial score (nSPS) is 22.6. The summed E-state index contributed by atoms with van der Waals surface area (Å²) in [6.07, 6.45) is 5.78. The SMILES string of the molecule is Clc1cccc(C2Nc3ccc(Nc4ccccc4)cc3C3C=CCC32)c1. The van der Waals surface area contributed by atoms with Crippen molar-refractivity contribution in [2.24, 2.45) is 5.92 Å². The molecule has 2 aliphatic rings. The molecule has 5 rings (SSSR count). The fraction of sp³-hybridized carbons (Fsp3) is 0.167. The van der Waals surface area contributed by atoms with Crippen LogP contribution in [0.25, 0.3) is 0 Å². The van der Waals surface area contributed by atoms with Gasteiger partial charge in [0.05, 0.1) is 6.04 Å². The number of nitrogens with one attached hydrogen (secondary N) is 2. The molecule has 134 valence electrons. The molecule has 3 aromatic carbocycles. The zero-order valence-electron chi connectivity index (χ0n) is 14.9. The van der Waals surface area contributed by atoms with Crippen molar-refractivity contribution in [3.05, 3.63) is 101 Å². The van der Waals surface area contributed by atoms with Crippen LogP contribution in [0.1, 0.15) is 29.5 Å². The van der Waals surface area contributed by atoms with E-state index in [1.54, 1.807) is 0 Å². The minimum Gasteiger partial charge on any atom is -0.378 e. The lowest BCUT2D eigenvalue weighted by atomic mass is 9.77. The molecule has 27 heavy (non-hydrogen) atoms. The first kappa shape index (κ1) is 16.5. The van der Waals surface area contributed by atoms with Crippen molar-refractivity contribution in [2.75, 3.05) is 10.6 Å². The molecule has 3 unspecified atom stereocenters. The Balaban J connectivity index is 1.49. The van der Waals surface area contributed by atoms with Crippen LogP contribution in [-0.4, -0.2) is 0 Å². The molecule has 0 radical (unpaired) electrons. The van der Waals surface area contributed by atoms with Gasteiger partial charge in [-0.05, 0) is 65.9 Å². The third kappa shape index (κ3) is 3.11. The number of para-hydroxylation sites is 1. The van der Waals surface area contributed by atoms with Crippen molar-refractivity contribution in [2.45, 2.75) is 18.4 Å². The Hall–Kier alpha value is -2.71. The summed E-state index contributed by atoms with van der Waals surface area (Å²) in [5, 5.41) is 8.09. The van der Waals surface area contributed by atoms with E-state index in [-0.39, 0.29) is 6.04 Å². The Kier molecular flexibility index (Phi) is 4.14. The zero-order valence-corrected chi connectivity index (χ0v) is 15.7. The minimum atomic E-state index is 0.282. The van der Waals surface area contributed by atoms with Gasteiger partial charge in [0.25, 0.3) is 0 Å². The molecular weight excluding hydrogens is 352 g/mol. The van der Waals surface area contributed by atoms with Crippen molar-refractivity contribution in [1.29, 1.82) is 0 Å². The van der Waals surface area contributed by atoms with Crippen molar-refractivity contribution >= 4 is 28.7 Å². The lowest BCUT2D eigenvalue weighted by Gasteiger charge is -2.37. The summed E-state index contributed by atoms with van der Waals surface area (Å²) in [4.78, 5) is 0. The quantitative estimate of drug-likeness (QED) is 0.488. The highest BCUT2D eigenvalue weighted by molar-refractivity contribution is 6.30. The molecule has 1 heterocycles. The molecule has 0 saturated carbocycles. The van der Waals surface area contributed by atoms with Crippen molar-refractivity contribution in [1.82, 2.24) is 0 Å². The van der Waals surface area contributed by atoms with E-state index < -0.39 is 0 Å². The van der Waals surface area contributed by atoms with Crippen LogP contribution in [0.5, 0.6) is 0 Å². The molecule has 2 nitrogen and oxygen atoms in total. The molecule has 0 bridgehead atoms. The summed E-state index contributed by atoms with van der Waals surface area (Å²) >= 11 is 6.25. The molecule has 1 aliphatic heterocycles. The summed E-state index contributed by atoms with van der Waals surface area (Å²) in [6.45, 7) is 0. The van der Waals surface area contributed by atoms with Gasteiger partial charge in [0, 0.05) is 28.0 Å². The lowest BCUT2D eigenvalue weighted by molar-refractivity contribution is 0.426. The van der Waals surface area contributed by atoms with Crippen LogP contribution in [0, 0.1) is 5.92 Å². The highest BCUT2D eigenvalue weighted by Crippen LogP contribution is 2.50. The average molecular weight is 373 g/mol. The summed E-state index contributed by atoms with van der Waals surface area (Å²) in [7, 11) is 0. The Morgan fingerprint density at radius 2 is 1.78 bits per heavy atom. The van der Waals surface area contributed by atoms with Crippen LogP contribution in [0.2, 0.25) is 5.02 Å². The fourth-order valence-corrected chi connectivity index (χ4v) is 4.59. The summed E-state index contributed by atoms with van der Waals surface area (Å²) in [5.74, 6) is 0.950.